The highest BCUT2D eigenvalue weighted by Crippen LogP contribution is 2.56. The Morgan fingerprint density at radius 2 is 1.59 bits per heavy atom. The zero-order valence-corrected chi connectivity index (χ0v) is 17.8. The maximum absolute atomic E-state index is 6.36. The summed E-state index contributed by atoms with van der Waals surface area (Å²) in [4.78, 5) is 4.82. The third kappa shape index (κ3) is 3.19. The van der Waals surface area contributed by atoms with Crippen LogP contribution in [0.3, 0.4) is 0 Å². The molecule has 5 heteroatoms. The average molecular weight is 442 g/mol. The highest BCUT2D eigenvalue weighted by Gasteiger charge is 2.52. The first-order valence-electron chi connectivity index (χ1n) is 9.67. The number of nitrogens with one attached hydrogen (secondary N) is 1. The fourth-order valence-corrected chi connectivity index (χ4v) is 5.42. The van der Waals surface area contributed by atoms with E-state index in [1.807, 2.05) is 42.5 Å². The van der Waals surface area contributed by atoms with Crippen molar-refractivity contribution in [2.45, 2.75) is 23.8 Å². The second kappa shape index (κ2) is 7.45. The van der Waals surface area contributed by atoms with E-state index in [1.54, 1.807) is 0 Å². The summed E-state index contributed by atoms with van der Waals surface area (Å²) < 4.78 is 0. The molecule has 0 aliphatic carbocycles. The minimum atomic E-state index is -0.337. The van der Waals surface area contributed by atoms with Crippen LogP contribution in [0.25, 0.3) is 0 Å². The monoisotopic (exact) mass is 440 g/mol. The Kier molecular flexibility index (Phi) is 4.92. The molecule has 0 bridgehead atoms. The lowest BCUT2D eigenvalue weighted by atomic mass is 9.60. The van der Waals surface area contributed by atoms with Crippen LogP contribution < -0.4 is 5.32 Å². The third-order valence-electron chi connectivity index (χ3n) is 6.13. The standard InChI is InChI=1S/C24H19Cl3N2/c25-17-6-4-15(5-7-17)20-10-11-28-23(16-2-1-3-18(26)12-16)24(20)14-29-22-13-19(27)8-9-21(22)24/h1-9,12-14,20,23,28H,10-11H2/t20-,23+,24-/m1/s1. The number of piperidine rings is 1. The molecular weight excluding hydrogens is 423 g/mol. The van der Waals surface area contributed by atoms with Crippen molar-refractivity contribution in [2.24, 2.45) is 4.99 Å². The van der Waals surface area contributed by atoms with Gasteiger partial charge in [-0.2, -0.15) is 0 Å². The number of benzene rings is 3. The lowest BCUT2D eigenvalue weighted by Gasteiger charge is -2.47. The molecule has 0 aromatic heterocycles. The quantitative estimate of drug-likeness (QED) is 0.450. The van der Waals surface area contributed by atoms with E-state index in [0.717, 1.165) is 34.3 Å². The Labute approximate surface area is 185 Å². The molecule has 2 aliphatic heterocycles. The summed E-state index contributed by atoms with van der Waals surface area (Å²) in [5.41, 5.74) is 4.21. The van der Waals surface area contributed by atoms with Crippen LogP contribution in [0.2, 0.25) is 15.1 Å². The summed E-state index contributed by atoms with van der Waals surface area (Å²) in [7, 11) is 0. The molecular formula is C24H19Cl3N2. The van der Waals surface area contributed by atoms with E-state index in [9.17, 15) is 0 Å². The van der Waals surface area contributed by atoms with Gasteiger partial charge in [0.2, 0.25) is 0 Å². The number of halogens is 3. The van der Waals surface area contributed by atoms with Gasteiger partial charge in [-0.1, -0.05) is 65.1 Å². The molecule has 146 valence electrons. The molecule has 0 radical (unpaired) electrons. The summed E-state index contributed by atoms with van der Waals surface area (Å²) in [6.45, 7) is 0.906. The molecule has 0 amide bonds. The molecule has 3 atom stereocenters. The molecule has 2 nitrogen and oxygen atoms in total. The van der Waals surface area contributed by atoms with Gasteiger partial charge in [-0.05, 0) is 66.1 Å². The Balaban J connectivity index is 1.73. The number of hydrogen-bond acceptors (Lipinski definition) is 2. The molecule has 3 aromatic carbocycles. The maximum Gasteiger partial charge on any atom is 0.0683 e. The molecule has 1 spiro atoms. The number of hydrogen-bond donors (Lipinski definition) is 1. The average Bonchev–Trinajstić information content (AvgIpc) is 3.07. The Morgan fingerprint density at radius 1 is 0.828 bits per heavy atom. The molecule has 29 heavy (non-hydrogen) atoms. The third-order valence-corrected chi connectivity index (χ3v) is 6.86. The van der Waals surface area contributed by atoms with E-state index in [0.29, 0.717) is 5.02 Å². The van der Waals surface area contributed by atoms with Crippen LogP contribution in [0.1, 0.15) is 35.1 Å². The van der Waals surface area contributed by atoms with Gasteiger partial charge in [0.05, 0.1) is 11.1 Å². The molecule has 3 aromatic rings. The van der Waals surface area contributed by atoms with Crippen LogP contribution in [0.4, 0.5) is 5.69 Å². The number of rotatable bonds is 2. The highest BCUT2D eigenvalue weighted by atomic mass is 35.5. The lowest BCUT2D eigenvalue weighted by molar-refractivity contribution is 0.270. The van der Waals surface area contributed by atoms with Gasteiger partial charge in [-0.3, -0.25) is 4.99 Å². The van der Waals surface area contributed by atoms with Gasteiger partial charge >= 0.3 is 0 Å². The minimum absolute atomic E-state index is 0.0433. The summed E-state index contributed by atoms with van der Waals surface area (Å²) in [5.74, 6) is 0.246. The van der Waals surface area contributed by atoms with Crippen molar-refractivity contribution in [1.82, 2.24) is 5.32 Å². The van der Waals surface area contributed by atoms with Crippen molar-refractivity contribution in [3.63, 3.8) is 0 Å². The largest absolute Gasteiger partial charge is 0.309 e. The van der Waals surface area contributed by atoms with Crippen LogP contribution in [0, 0.1) is 0 Å². The van der Waals surface area contributed by atoms with E-state index in [-0.39, 0.29) is 17.4 Å². The van der Waals surface area contributed by atoms with E-state index in [1.165, 1.54) is 11.1 Å². The van der Waals surface area contributed by atoms with Crippen molar-refractivity contribution < 1.29 is 0 Å². The second-order valence-corrected chi connectivity index (χ2v) is 9.00. The first-order chi connectivity index (χ1) is 14.1. The summed E-state index contributed by atoms with van der Waals surface area (Å²) in [5, 5.41) is 5.93. The smallest absolute Gasteiger partial charge is 0.0683 e. The Bertz CT molecular complexity index is 1090. The summed E-state index contributed by atoms with van der Waals surface area (Å²) >= 11 is 18.8. The van der Waals surface area contributed by atoms with Gasteiger partial charge in [0.15, 0.2) is 0 Å². The van der Waals surface area contributed by atoms with E-state index < -0.39 is 0 Å². The van der Waals surface area contributed by atoms with Crippen molar-refractivity contribution in [3.8, 4) is 0 Å². The first-order valence-corrected chi connectivity index (χ1v) is 10.8. The highest BCUT2D eigenvalue weighted by molar-refractivity contribution is 6.31. The minimum Gasteiger partial charge on any atom is -0.309 e. The Hall–Kier alpha value is -1.84. The molecule has 2 heterocycles. The SMILES string of the molecule is Clc1ccc([C@H]2CCN[C@@H](c3cccc(Cl)c3)[C@]23C=Nc2cc(Cl)ccc23)cc1. The van der Waals surface area contributed by atoms with Crippen molar-refractivity contribution in [1.29, 1.82) is 0 Å². The molecule has 0 unspecified atom stereocenters. The van der Waals surface area contributed by atoms with Crippen LogP contribution >= 0.6 is 34.8 Å². The van der Waals surface area contributed by atoms with Gasteiger partial charge in [0.25, 0.3) is 0 Å². The van der Waals surface area contributed by atoms with Crippen LogP contribution in [-0.2, 0) is 5.41 Å². The fraction of sp³-hybridized carbons (Fsp3) is 0.208. The van der Waals surface area contributed by atoms with Gasteiger partial charge < -0.3 is 5.32 Å². The van der Waals surface area contributed by atoms with Crippen LogP contribution in [0.15, 0.2) is 71.7 Å². The summed E-state index contributed by atoms with van der Waals surface area (Å²) in [6, 6.07) is 22.4. The Morgan fingerprint density at radius 3 is 2.38 bits per heavy atom. The van der Waals surface area contributed by atoms with Gasteiger partial charge in [0, 0.05) is 33.2 Å². The predicted octanol–water partition coefficient (Wildman–Crippen LogP) is 7.12. The number of aliphatic imine (C=N–C) groups is 1. The summed E-state index contributed by atoms with van der Waals surface area (Å²) in [6.07, 6.45) is 3.11. The predicted molar refractivity (Wildman–Crippen MR) is 122 cm³/mol. The van der Waals surface area contributed by atoms with Crippen LogP contribution in [0.5, 0.6) is 0 Å². The van der Waals surface area contributed by atoms with Gasteiger partial charge in [-0.15, -0.1) is 0 Å². The zero-order chi connectivity index (χ0) is 20.0. The maximum atomic E-state index is 6.36. The molecule has 1 N–H and O–H groups in total. The van der Waals surface area contributed by atoms with Gasteiger partial charge in [0.1, 0.15) is 0 Å². The van der Waals surface area contributed by atoms with Crippen molar-refractivity contribution >= 4 is 46.7 Å². The number of fused-ring (bicyclic) bond motifs is 2. The molecule has 0 saturated carbocycles. The van der Waals surface area contributed by atoms with Crippen molar-refractivity contribution in [2.75, 3.05) is 6.54 Å². The van der Waals surface area contributed by atoms with Crippen LogP contribution in [-0.4, -0.2) is 12.8 Å². The number of nitrogens with zero attached hydrogens (tertiary/aromatic N) is 1. The van der Waals surface area contributed by atoms with E-state index >= 15 is 0 Å². The fourth-order valence-electron chi connectivity index (χ4n) is 4.93. The normalized spacial score (nSPS) is 25.3. The molecule has 5 rings (SSSR count). The van der Waals surface area contributed by atoms with E-state index in [2.05, 4.69) is 35.8 Å². The second-order valence-electron chi connectivity index (χ2n) is 7.69. The topological polar surface area (TPSA) is 24.4 Å². The lowest BCUT2D eigenvalue weighted by Crippen LogP contribution is -2.51. The molecule has 1 fully saturated rings. The van der Waals surface area contributed by atoms with Gasteiger partial charge in [-0.25, -0.2) is 0 Å². The van der Waals surface area contributed by atoms with Crippen molar-refractivity contribution in [3.05, 3.63) is 98.5 Å². The zero-order valence-electron chi connectivity index (χ0n) is 15.6. The molecule has 2 aliphatic rings. The van der Waals surface area contributed by atoms with E-state index in [4.69, 9.17) is 39.8 Å². The first kappa shape index (κ1) is 19.1. The molecule has 1 saturated heterocycles.